The smallest absolute Gasteiger partial charge is 0.352 e. The Morgan fingerprint density at radius 3 is 2.78 bits per heavy atom. The van der Waals surface area contributed by atoms with Crippen molar-refractivity contribution in [1.29, 1.82) is 0 Å². The lowest BCUT2D eigenvalue weighted by molar-refractivity contribution is -0.150. The maximum atomic E-state index is 12.9. The van der Waals surface area contributed by atoms with E-state index in [1.165, 1.54) is 11.8 Å². The van der Waals surface area contributed by atoms with Crippen LogP contribution in [0.15, 0.2) is 28.1 Å². The second-order valence-corrected chi connectivity index (χ2v) is 10.4. The van der Waals surface area contributed by atoms with Crippen molar-refractivity contribution >= 4 is 57.8 Å². The Bertz CT molecular complexity index is 1240. The van der Waals surface area contributed by atoms with E-state index in [9.17, 15) is 29.5 Å². The predicted molar refractivity (Wildman–Crippen MR) is 128 cm³/mol. The molecular weight excluding hydrogens is 512 g/mol. The number of carbonyl (C=O) groups excluding carboxylic acids is 3. The van der Waals surface area contributed by atoms with Gasteiger partial charge in [-0.1, -0.05) is 5.16 Å². The van der Waals surface area contributed by atoms with E-state index in [4.69, 9.17) is 5.73 Å². The fourth-order valence-corrected chi connectivity index (χ4v) is 6.46. The lowest BCUT2D eigenvalue weighted by Gasteiger charge is -2.49. The number of nitrogen functional groups attached to an aromatic ring is 1. The zero-order valence-electron chi connectivity index (χ0n) is 18.7. The number of rotatable bonds is 6. The summed E-state index contributed by atoms with van der Waals surface area (Å²) in [6.45, 7) is 2.17. The number of carboxylic acids is 1. The lowest BCUT2D eigenvalue weighted by Crippen LogP contribution is -2.71. The first-order valence-corrected chi connectivity index (χ1v) is 12.9. The molecule has 16 heteroatoms. The number of fused-ring (bicyclic) bond motifs is 1. The number of allylic oxidation sites excluding steroid dienone is 1. The van der Waals surface area contributed by atoms with Gasteiger partial charge in [0.15, 0.2) is 5.13 Å². The highest BCUT2D eigenvalue weighted by molar-refractivity contribution is 8.00. The largest absolute Gasteiger partial charge is 0.477 e. The van der Waals surface area contributed by atoms with Gasteiger partial charge in [-0.05, 0) is 31.0 Å². The number of anilines is 1. The van der Waals surface area contributed by atoms with Crippen molar-refractivity contribution in [2.75, 3.05) is 31.1 Å². The number of nitrogens with one attached hydrogen (secondary N) is 2. The van der Waals surface area contributed by atoms with Gasteiger partial charge in [-0.15, -0.1) is 11.8 Å². The van der Waals surface area contributed by atoms with Crippen LogP contribution in [-0.4, -0.2) is 102 Å². The van der Waals surface area contributed by atoms with Gasteiger partial charge in [-0.3, -0.25) is 19.3 Å². The number of β-lactam (4-membered cyclic amide) rings is 1. The molecule has 3 unspecified atom stereocenters. The summed E-state index contributed by atoms with van der Waals surface area (Å²) in [6, 6.07) is -0.914. The van der Waals surface area contributed by atoms with Gasteiger partial charge < -0.3 is 31.6 Å². The Labute approximate surface area is 212 Å². The van der Waals surface area contributed by atoms with Crippen molar-refractivity contribution in [3.8, 4) is 0 Å². The van der Waals surface area contributed by atoms with Crippen molar-refractivity contribution in [3.63, 3.8) is 0 Å². The van der Waals surface area contributed by atoms with Crippen LogP contribution in [0.2, 0.25) is 0 Å². The van der Waals surface area contributed by atoms with Gasteiger partial charge in [0.25, 0.3) is 11.8 Å². The van der Waals surface area contributed by atoms with E-state index in [0.717, 1.165) is 35.9 Å². The molecule has 1 aromatic rings. The van der Waals surface area contributed by atoms with Crippen molar-refractivity contribution in [1.82, 2.24) is 29.8 Å². The van der Waals surface area contributed by atoms with Crippen molar-refractivity contribution < 1.29 is 29.5 Å². The Hall–Kier alpha value is -3.50. The van der Waals surface area contributed by atoms with Crippen LogP contribution in [0.3, 0.4) is 0 Å². The molecule has 6 N–H and O–H groups in total. The Morgan fingerprint density at radius 2 is 2.14 bits per heavy atom. The summed E-state index contributed by atoms with van der Waals surface area (Å²) in [5.74, 6) is -2.90. The number of aromatic nitrogens is 2. The number of likely N-dealkylation sites (tertiary alicyclic amines) is 1. The average Bonchev–Trinajstić information content (AvgIpc) is 3.60. The number of carbonyl (C=O) groups is 4. The molecule has 0 bridgehead atoms. The number of hydrogen-bond donors (Lipinski definition) is 5. The lowest BCUT2D eigenvalue weighted by atomic mass is 10.0. The van der Waals surface area contributed by atoms with Crippen LogP contribution in [0.1, 0.15) is 18.7 Å². The first-order chi connectivity index (χ1) is 17.3. The minimum absolute atomic E-state index is 0.0642. The molecule has 4 aliphatic heterocycles. The Morgan fingerprint density at radius 1 is 1.33 bits per heavy atom. The summed E-state index contributed by atoms with van der Waals surface area (Å²) >= 11 is 2.07. The Balaban J connectivity index is 1.33. The predicted octanol–water partition coefficient (Wildman–Crippen LogP) is -1.44. The van der Waals surface area contributed by atoms with E-state index in [2.05, 4.69) is 25.1 Å². The fraction of sp³-hybridized carbons (Fsp3) is 0.450. The van der Waals surface area contributed by atoms with Crippen LogP contribution in [0.5, 0.6) is 0 Å². The van der Waals surface area contributed by atoms with E-state index in [1.807, 2.05) is 4.90 Å². The zero-order valence-corrected chi connectivity index (χ0v) is 20.3. The molecule has 0 aliphatic carbocycles. The highest BCUT2D eigenvalue weighted by Gasteiger charge is 2.54. The minimum Gasteiger partial charge on any atom is -0.477 e. The molecule has 0 radical (unpaired) electrons. The van der Waals surface area contributed by atoms with E-state index in [0.29, 0.717) is 24.1 Å². The van der Waals surface area contributed by atoms with Crippen LogP contribution in [-0.2, 0) is 19.2 Å². The summed E-state index contributed by atoms with van der Waals surface area (Å²) in [6.07, 6.45) is 2.97. The topological polar surface area (TPSA) is 203 Å². The number of thioether (sulfide) groups is 1. The van der Waals surface area contributed by atoms with Gasteiger partial charge in [0.1, 0.15) is 17.1 Å². The summed E-state index contributed by atoms with van der Waals surface area (Å²) in [5.41, 5.74) is 5.67. The Kier molecular flexibility index (Phi) is 6.40. The second kappa shape index (κ2) is 9.51. The van der Waals surface area contributed by atoms with E-state index >= 15 is 0 Å². The third kappa shape index (κ3) is 4.10. The standard InChI is InChI=1S/C20H22N8O6S2/c21-20-24-14(26-36-20)11(25-34)15(29)23-12-17(31)28-13(19(32)33)9(7-35-18(12)28)5-8-2-4-27(16(8)30)10-1-3-22-6-10/h5,10,12,18,22,34H,1-4,6-7H2,(H,23,29)(H,32,33)(H2,21,24,26)/b8-5-,25-11+. The molecule has 5 rings (SSSR count). The van der Waals surface area contributed by atoms with Gasteiger partial charge in [0, 0.05) is 42.0 Å². The van der Waals surface area contributed by atoms with Gasteiger partial charge in [-0.2, -0.15) is 9.36 Å². The summed E-state index contributed by atoms with van der Waals surface area (Å²) in [7, 11) is 0. The molecule has 3 saturated heterocycles. The second-order valence-electron chi connectivity index (χ2n) is 8.51. The highest BCUT2D eigenvalue weighted by Crippen LogP contribution is 2.41. The molecule has 14 nitrogen and oxygen atoms in total. The van der Waals surface area contributed by atoms with Gasteiger partial charge >= 0.3 is 5.97 Å². The third-order valence-corrected chi connectivity index (χ3v) is 8.28. The molecule has 36 heavy (non-hydrogen) atoms. The molecule has 3 fully saturated rings. The normalized spacial score (nSPS) is 27.5. The summed E-state index contributed by atoms with van der Waals surface area (Å²) in [4.78, 5) is 57.3. The summed E-state index contributed by atoms with van der Waals surface area (Å²) in [5, 5.41) is 27.1. The molecule has 0 spiro atoms. The van der Waals surface area contributed by atoms with E-state index < -0.39 is 34.9 Å². The fourth-order valence-electron chi connectivity index (χ4n) is 4.72. The first-order valence-electron chi connectivity index (χ1n) is 11.1. The van der Waals surface area contributed by atoms with Crippen LogP contribution in [0.4, 0.5) is 5.13 Å². The molecular formula is C20H22N8O6S2. The number of nitrogens with zero attached hydrogens (tertiary/aromatic N) is 5. The molecule has 0 aromatic carbocycles. The third-order valence-electron chi connectivity index (χ3n) is 6.44. The van der Waals surface area contributed by atoms with Gasteiger partial charge in [0.05, 0.1) is 0 Å². The van der Waals surface area contributed by atoms with Crippen molar-refractivity contribution in [2.24, 2.45) is 5.16 Å². The van der Waals surface area contributed by atoms with E-state index in [-0.39, 0.29) is 34.4 Å². The monoisotopic (exact) mass is 534 g/mol. The number of oxime groups is 1. The molecule has 4 aliphatic rings. The minimum atomic E-state index is -1.30. The first kappa shape index (κ1) is 24.2. The number of carboxylic acid groups (broad SMARTS) is 1. The number of hydrogen-bond acceptors (Lipinski definition) is 12. The average molecular weight is 535 g/mol. The SMILES string of the molecule is Nc1nc(/C(=N\O)C(=O)NC2C(=O)N3C(C(=O)O)=C(/C=C4/CCN(C5CCNC5)C4=O)CSC23)ns1. The molecule has 0 saturated carbocycles. The van der Waals surface area contributed by atoms with E-state index in [1.54, 1.807) is 6.08 Å². The summed E-state index contributed by atoms with van der Waals surface area (Å²) < 4.78 is 3.82. The maximum Gasteiger partial charge on any atom is 0.352 e. The molecule has 1 aromatic heterocycles. The van der Waals surface area contributed by atoms with Crippen molar-refractivity contribution in [3.05, 3.63) is 28.7 Å². The highest BCUT2D eigenvalue weighted by atomic mass is 32.2. The van der Waals surface area contributed by atoms with Crippen molar-refractivity contribution in [2.45, 2.75) is 30.3 Å². The van der Waals surface area contributed by atoms with Gasteiger partial charge in [0.2, 0.25) is 17.4 Å². The molecule has 3 atom stereocenters. The zero-order chi connectivity index (χ0) is 25.6. The number of amides is 3. The van der Waals surface area contributed by atoms with Crippen LogP contribution >= 0.6 is 23.3 Å². The van der Waals surface area contributed by atoms with Gasteiger partial charge in [-0.25, -0.2) is 4.79 Å². The molecule has 5 heterocycles. The quantitative estimate of drug-likeness (QED) is 0.0939. The maximum absolute atomic E-state index is 12.9. The molecule has 3 amide bonds. The number of nitrogens with two attached hydrogens (primary N) is 1. The van der Waals surface area contributed by atoms with Crippen LogP contribution in [0.25, 0.3) is 0 Å². The van der Waals surface area contributed by atoms with Crippen LogP contribution in [0, 0.1) is 0 Å². The molecule has 190 valence electrons. The number of aliphatic carboxylic acids is 1. The van der Waals surface area contributed by atoms with Crippen LogP contribution < -0.4 is 16.4 Å².